The van der Waals surface area contributed by atoms with Gasteiger partial charge in [0.05, 0.1) is 19.9 Å². The molecule has 1 aliphatic rings. The number of benzene rings is 2. The number of anilines is 1. The van der Waals surface area contributed by atoms with Crippen molar-refractivity contribution >= 4 is 21.6 Å². The van der Waals surface area contributed by atoms with E-state index < -0.39 is 15.8 Å². The van der Waals surface area contributed by atoms with Gasteiger partial charge in [-0.25, -0.2) is 12.8 Å². The lowest BCUT2D eigenvalue weighted by Gasteiger charge is -2.31. The van der Waals surface area contributed by atoms with Crippen molar-refractivity contribution in [3.05, 3.63) is 47.8 Å². The lowest BCUT2D eigenvalue weighted by molar-refractivity contribution is -0.120. The SMILES string of the molecule is COc1ccc(C)cc1NC(=O)C1CCN(S(=O)(=O)c2cc(F)ccc2OC)CC1. The number of piperidine rings is 1. The summed E-state index contributed by atoms with van der Waals surface area (Å²) in [5.74, 6) is -0.527. The molecule has 9 heteroatoms. The molecule has 7 nitrogen and oxygen atoms in total. The number of amides is 1. The summed E-state index contributed by atoms with van der Waals surface area (Å²) < 4.78 is 51.2. The van der Waals surface area contributed by atoms with Gasteiger partial charge in [-0.15, -0.1) is 0 Å². The van der Waals surface area contributed by atoms with Crippen LogP contribution in [0.25, 0.3) is 0 Å². The molecule has 1 heterocycles. The van der Waals surface area contributed by atoms with E-state index in [0.717, 1.165) is 17.7 Å². The van der Waals surface area contributed by atoms with E-state index in [1.165, 1.54) is 24.6 Å². The summed E-state index contributed by atoms with van der Waals surface area (Å²) in [4.78, 5) is 12.5. The molecule has 2 aromatic rings. The average molecular weight is 437 g/mol. The third-order valence-electron chi connectivity index (χ3n) is 5.18. The van der Waals surface area contributed by atoms with Crippen LogP contribution in [-0.4, -0.2) is 45.9 Å². The number of carbonyl (C=O) groups is 1. The van der Waals surface area contributed by atoms with Crippen molar-refractivity contribution in [1.82, 2.24) is 4.31 Å². The summed E-state index contributed by atoms with van der Waals surface area (Å²) >= 11 is 0. The predicted octanol–water partition coefficient (Wildman–Crippen LogP) is 3.19. The molecule has 30 heavy (non-hydrogen) atoms. The minimum atomic E-state index is -3.93. The Labute approximate surface area is 175 Å². The van der Waals surface area contributed by atoms with Crippen LogP contribution in [0, 0.1) is 18.7 Å². The van der Waals surface area contributed by atoms with Crippen LogP contribution in [0.5, 0.6) is 11.5 Å². The molecule has 1 N–H and O–H groups in total. The van der Waals surface area contributed by atoms with E-state index in [2.05, 4.69) is 5.32 Å². The Morgan fingerprint density at radius 1 is 1.07 bits per heavy atom. The molecule has 1 amide bonds. The molecule has 0 spiro atoms. The van der Waals surface area contributed by atoms with Crippen LogP contribution >= 0.6 is 0 Å². The molecule has 0 aliphatic carbocycles. The highest BCUT2D eigenvalue weighted by Gasteiger charge is 2.34. The fraction of sp³-hybridized carbons (Fsp3) is 0.381. The number of halogens is 1. The smallest absolute Gasteiger partial charge is 0.246 e. The van der Waals surface area contributed by atoms with Crippen molar-refractivity contribution in [1.29, 1.82) is 0 Å². The molecule has 0 bridgehead atoms. The maximum absolute atomic E-state index is 13.6. The van der Waals surface area contributed by atoms with Crippen molar-refractivity contribution in [3.8, 4) is 11.5 Å². The first-order chi connectivity index (χ1) is 14.3. The monoisotopic (exact) mass is 436 g/mol. The molecule has 1 saturated heterocycles. The highest BCUT2D eigenvalue weighted by atomic mass is 32.2. The lowest BCUT2D eigenvalue weighted by Crippen LogP contribution is -2.41. The molecule has 2 aromatic carbocycles. The standard InChI is InChI=1S/C21H25FN2O5S/c1-14-4-6-18(28-2)17(12-14)23-21(25)15-8-10-24(11-9-15)30(26,27)20-13-16(22)5-7-19(20)29-3/h4-7,12-13,15H,8-11H2,1-3H3,(H,23,25). The summed E-state index contributed by atoms with van der Waals surface area (Å²) in [6.07, 6.45) is 0.716. The molecule has 0 saturated carbocycles. The van der Waals surface area contributed by atoms with Crippen LogP contribution in [0.15, 0.2) is 41.3 Å². The van der Waals surface area contributed by atoms with E-state index in [9.17, 15) is 17.6 Å². The van der Waals surface area contributed by atoms with Crippen molar-refractivity contribution in [2.45, 2.75) is 24.7 Å². The number of nitrogens with one attached hydrogen (secondary N) is 1. The first kappa shape index (κ1) is 22.0. The molecule has 0 atom stereocenters. The van der Waals surface area contributed by atoms with Gasteiger partial charge in [-0.1, -0.05) is 6.07 Å². The van der Waals surface area contributed by atoms with E-state index in [-0.39, 0.29) is 35.6 Å². The number of hydrogen-bond acceptors (Lipinski definition) is 5. The maximum atomic E-state index is 13.6. The van der Waals surface area contributed by atoms with Gasteiger partial charge in [-0.3, -0.25) is 4.79 Å². The van der Waals surface area contributed by atoms with Crippen molar-refractivity contribution in [2.75, 3.05) is 32.6 Å². The predicted molar refractivity (Wildman–Crippen MR) is 111 cm³/mol. The average Bonchev–Trinajstić information content (AvgIpc) is 2.74. The minimum Gasteiger partial charge on any atom is -0.495 e. The van der Waals surface area contributed by atoms with Crippen LogP contribution in [-0.2, 0) is 14.8 Å². The zero-order valence-electron chi connectivity index (χ0n) is 17.1. The number of nitrogens with zero attached hydrogens (tertiary/aromatic N) is 1. The molecular formula is C21H25FN2O5S. The van der Waals surface area contributed by atoms with Gasteiger partial charge < -0.3 is 14.8 Å². The van der Waals surface area contributed by atoms with Gasteiger partial charge in [0.25, 0.3) is 0 Å². The number of aryl methyl sites for hydroxylation is 1. The van der Waals surface area contributed by atoms with Crippen molar-refractivity contribution in [3.63, 3.8) is 0 Å². The Morgan fingerprint density at radius 3 is 2.33 bits per heavy atom. The third-order valence-corrected chi connectivity index (χ3v) is 7.10. The Hall–Kier alpha value is -2.65. The number of ether oxygens (including phenoxy) is 2. The quantitative estimate of drug-likeness (QED) is 0.752. The molecule has 0 unspecified atom stereocenters. The number of methoxy groups -OCH3 is 2. The molecule has 0 radical (unpaired) electrons. The van der Waals surface area contributed by atoms with Gasteiger partial charge in [0.2, 0.25) is 15.9 Å². The highest BCUT2D eigenvalue weighted by molar-refractivity contribution is 7.89. The van der Waals surface area contributed by atoms with Crippen LogP contribution in [0.4, 0.5) is 10.1 Å². The number of carbonyl (C=O) groups excluding carboxylic acids is 1. The third kappa shape index (κ3) is 4.57. The van der Waals surface area contributed by atoms with Crippen LogP contribution in [0.2, 0.25) is 0 Å². The van der Waals surface area contributed by atoms with Crippen LogP contribution < -0.4 is 14.8 Å². The fourth-order valence-corrected chi connectivity index (χ4v) is 5.14. The van der Waals surface area contributed by atoms with Crippen molar-refractivity contribution in [2.24, 2.45) is 5.92 Å². The van der Waals surface area contributed by atoms with Gasteiger partial charge in [-0.05, 0) is 55.7 Å². The normalized spacial score (nSPS) is 15.6. The first-order valence-electron chi connectivity index (χ1n) is 9.55. The van der Waals surface area contributed by atoms with Gasteiger partial charge >= 0.3 is 0 Å². The number of rotatable bonds is 6. The zero-order valence-corrected chi connectivity index (χ0v) is 18.0. The van der Waals surface area contributed by atoms with E-state index in [1.807, 2.05) is 19.1 Å². The minimum absolute atomic E-state index is 0.0859. The fourth-order valence-electron chi connectivity index (χ4n) is 3.50. The second-order valence-electron chi connectivity index (χ2n) is 7.17. The van der Waals surface area contributed by atoms with E-state index in [1.54, 1.807) is 6.07 Å². The molecule has 1 aliphatic heterocycles. The molecule has 1 fully saturated rings. The highest BCUT2D eigenvalue weighted by Crippen LogP contribution is 2.31. The second-order valence-corrected chi connectivity index (χ2v) is 9.07. The van der Waals surface area contributed by atoms with Gasteiger partial charge in [0.1, 0.15) is 22.2 Å². The van der Waals surface area contributed by atoms with Gasteiger partial charge in [-0.2, -0.15) is 4.31 Å². The Balaban J connectivity index is 1.69. The Morgan fingerprint density at radius 2 is 1.70 bits per heavy atom. The van der Waals surface area contributed by atoms with Gasteiger partial charge in [0, 0.05) is 19.0 Å². The molecule has 0 aromatic heterocycles. The van der Waals surface area contributed by atoms with Crippen LogP contribution in [0.3, 0.4) is 0 Å². The maximum Gasteiger partial charge on any atom is 0.246 e. The largest absolute Gasteiger partial charge is 0.495 e. The molecule has 3 rings (SSSR count). The lowest BCUT2D eigenvalue weighted by atomic mass is 9.97. The second kappa shape index (κ2) is 9.01. The summed E-state index contributed by atoms with van der Waals surface area (Å²) in [6.45, 7) is 2.23. The zero-order chi connectivity index (χ0) is 21.9. The molecule has 162 valence electrons. The molecular weight excluding hydrogens is 411 g/mol. The summed E-state index contributed by atoms with van der Waals surface area (Å²) in [6, 6.07) is 8.89. The summed E-state index contributed by atoms with van der Waals surface area (Å²) in [5.41, 5.74) is 1.57. The first-order valence-corrected chi connectivity index (χ1v) is 11.0. The topological polar surface area (TPSA) is 84.9 Å². The summed E-state index contributed by atoms with van der Waals surface area (Å²) in [5, 5.41) is 2.88. The Kier molecular flexibility index (Phi) is 6.62. The van der Waals surface area contributed by atoms with E-state index >= 15 is 0 Å². The van der Waals surface area contributed by atoms with E-state index in [0.29, 0.717) is 24.3 Å². The Bertz CT molecular complexity index is 1030. The number of sulfonamides is 1. The van der Waals surface area contributed by atoms with Gasteiger partial charge in [0.15, 0.2) is 0 Å². The number of hydrogen-bond donors (Lipinski definition) is 1. The summed E-state index contributed by atoms with van der Waals surface area (Å²) in [7, 11) is -1.07. The van der Waals surface area contributed by atoms with Crippen molar-refractivity contribution < 1.29 is 27.1 Å². The van der Waals surface area contributed by atoms with Crippen LogP contribution in [0.1, 0.15) is 18.4 Å². The van der Waals surface area contributed by atoms with E-state index in [4.69, 9.17) is 9.47 Å².